The Morgan fingerprint density at radius 1 is 1.39 bits per heavy atom. The Labute approximate surface area is 121 Å². The molecule has 1 aromatic carbocycles. The van der Waals surface area contributed by atoms with Crippen LogP contribution in [0.25, 0.3) is 0 Å². The standard InChI is InChI=1S/C12H12Br2FN3/c1-2-18-12(9(14)6-17-18)11(16)7-3-4-10(15)8(13)5-7/h3-6,11H,2,16H2,1H3. The van der Waals surface area contributed by atoms with Crippen molar-refractivity contribution in [1.29, 1.82) is 0 Å². The summed E-state index contributed by atoms with van der Waals surface area (Å²) in [7, 11) is 0. The maximum Gasteiger partial charge on any atom is 0.137 e. The van der Waals surface area contributed by atoms with E-state index < -0.39 is 0 Å². The molecule has 0 amide bonds. The highest BCUT2D eigenvalue weighted by atomic mass is 79.9. The molecule has 0 radical (unpaired) electrons. The van der Waals surface area contributed by atoms with E-state index in [2.05, 4.69) is 37.0 Å². The first-order chi connectivity index (χ1) is 8.54. The first kappa shape index (κ1) is 13.7. The molecule has 18 heavy (non-hydrogen) atoms. The first-order valence-electron chi connectivity index (χ1n) is 5.46. The lowest BCUT2D eigenvalue weighted by Crippen LogP contribution is -2.17. The normalized spacial score (nSPS) is 12.7. The second kappa shape index (κ2) is 5.50. The summed E-state index contributed by atoms with van der Waals surface area (Å²) in [6.07, 6.45) is 1.72. The minimum absolute atomic E-state index is 0.297. The van der Waals surface area contributed by atoms with Crippen molar-refractivity contribution in [1.82, 2.24) is 9.78 Å². The predicted molar refractivity (Wildman–Crippen MR) is 75.7 cm³/mol. The summed E-state index contributed by atoms with van der Waals surface area (Å²) in [5, 5.41) is 4.22. The van der Waals surface area contributed by atoms with Gasteiger partial charge < -0.3 is 5.73 Å². The third-order valence-corrected chi connectivity index (χ3v) is 3.95. The molecule has 0 saturated heterocycles. The number of nitrogens with two attached hydrogens (primary N) is 1. The smallest absolute Gasteiger partial charge is 0.137 e. The molecule has 96 valence electrons. The van der Waals surface area contributed by atoms with Gasteiger partial charge in [0.25, 0.3) is 0 Å². The van der Waals surface area contributed by atoms with Crippen LogP contribution >= 0.6 is 31.9 Å². The summed E-state index contributed by atoms with van der Waals surface area (Å²) in [5.74, 6) is -0.297. The van der Waals surface area contributed by atoms with Crippen molar-refractivity contribution in [3.63, 3.8) is 0 Å². The second-order valence-electron chi connectivity index (χ2n) is 3.84. The molecule has 6 heteroatoms. The molecule has 2 aromatic rings. The van der Waals surface area contributed by atoms with Gasteiger partial charge in [0.1, 0.15) is 5.82 Å². The van der Waals surface area contributed by atoms with E-state index in [1.165, 1.54) is 6.07 Å². The fourth-order valence-electron chi connectivity index (χ4n) is 1.80. The molecule has 0 saturated carbocycles. The predicted octanol–water partition coefficient (Wildman–Crippen LogP) is 3.62. The van der Waals surface area contributed by atoms with E-state index in [9.17, 15) is 4.39 Å². The van der Waals surface area contributed by atoms with Crippen LogP contribution in [0, 0.1) is 5.82 Å². The van der Waals surface area contributed by atoms with Crippen LogP contribution < -0.4 is 5.73 Å². The summed E-state index contributed by atoms with van der Waals surface area (Å²) in [6, 6.07) is 4.43. The van der Waals surface area contributed by atoms with Crippen molar-refractivity contribution in [2.24, 2.45) is 5.73 Å². The van der Waals surface area contributed by atoms with Crippen molar-refractivity contribution in [2.75, 3.05) is 0 Å². The van der Waals surface area contributed by atoms with E-state index in [1.807, 2.05) is 11.6 Å². The number of hydrogen-bond donors (Lipinski definition) is 1. The SMILES string of the molecule is CCn1ncc(Br)c1C(N)c1ccc(F)c(Br)c1. The summed E-state index contributed by atoms with van der Waals surface area (Å²) >= 11 is 6.61. The highest BCUT2D eigenvalue weighted by Gasteiger charge is 2.18. The van der Waals surface area contributed by atoms with Crippen LogP contribution in [0.4, 0.5) is 4.39 Å². The van der Waals surface area contributed by atoms with Crippen LogP contribution in [-0.2, 0) is 6.54 Å². The van der Waals surface area contributed by atoms with Crippen LogP contribution in [0.2, 0.25) is 0 Å². The molecule has 0 aliphatic heterocycles. The Morgan fingerprint density at radius 2 is 2.11 bits per heavy atom. The molecule has 2 rings (SSSR count). The van der Waals surface area contributed by atoms with Crippen molar-refractivity contribution in [3.05, 3.63) is 50.4 Å². The summed E-state index contributed by atoms with van der Waals surface area (Å²) in [5.41, 5.74) is 7.94. The van der Waals surface area contributed by atoms with Crippen molar-refractivity contribution < 1.29 is 4.39 Å². The maximum absolute atomic E-state index is 13.2. The van der Waals surface area contributed by atoms with Gasteiger partial charge in [0, 0.05) is 6.54 Å². The highest BCUT2D eigenvalue weighted by molar-refractivity contribution is 9.10. The van der Waals surface area contributed by atoms with Gasteiger partial charge in [-0.15, -0.1) is 0 Å². The minimum Gasteiger partial charge on any atom is -0.319 e. The van der Waals surface area contributed by atoms with Gasteiger partial charge in [-0.25, -0.2) is 4.39 Å². The zero-order chi connectivity index (χ0) is 13.3. The Balaban J connectivity index is 2.44. The molecule has 1 heterocycles. The van der Waals surface area contributed by atoms with Crippen molar-refractivity contribution in [2.45, 2.75) is 19.5 Å². The molecule has 2 N–H and O–H groups in total. The first-order valence-corrected chi connectivity index (χ1v) is 7.05. The minimum atomic E-state index is -0.348. The number of rotatable bonds is 3. The van der Waals surface area contributed by atoms with Gasteiger partial charge in [0.15, 0.2) is 0 Å². The topological polar surface area (TPSA) is 43.8 Å². The van der Waals surface area contributed by atoms with E-state index in [4.69, 9.17) is 5.73 Å². The molecule has 0 spiro atoms. The van der Waals surface area contributed by atoms with Crippen LogP contribution in [0.3, 0.4) is 0 Å². The molecular formula is C12H12Br2FN3. The number of hydrogen-bond acceptors (Lipinski definition) is 2. The summed E-state index contributed by atoms with van der Waals surface area (Å²) in [6.45, 7) is 2.73. The van der Waals surface area contributed by atoms with Gasteiger partial charge in [-0.05, 0) is 56.5 Å². The molecule has 0 aliphatic carbocycles. The van der Waals surface area contributed by atoms with Gasteiger partial charge in [0.2, 0.25) is 0 Å². The molecule has 0 fully saturated rings. The van der Waals surface area contributed by atoms with E-state index in [1.54, 1.807) is 18.3 Å². The van der Waals surface area contributed by atoms with Gasteiger partial charge in [-0.2, -0.15) is 5.10 Å². The van der Waals surface area contributed by atoms with Crippen molar-refractivity contribution in [3.8, 4) is 0 Å². The molecule has 0 aliphatic rings. The average Bonchev–Trinajstić information content (AvgIpc) is 2.73. The van der Waals surface area contributed by atoms with E-state index in [0.29, 0.717) is 4.47 Å². The third-order valence-electron chi connectivity index (χ3n) is 2.73. The number of benzene rings is 1. The number of aryl methyl sites for hydroxylation is 1. The van der Waals surface area contributed by atoms with Gasteiger partial charge in [-0.3, -0.25) is 4.68 Å². The van der Waals surface area contributed by atoms with E-state index >= 15 is 0 Å². The highest BCUT2D eigenvalue weighted by Crippen LogP contribution is 2.29. The van der Waals surface area contributed by atoms with Crippen LogP contribution in [-0.4, -0.2) is 9.78 Å². The van der Waals surface area contributed by atoms with E-state index in [-0.39, 0.29) is 11.9 Å². The van der Waals surface area contributed by atoms with Gasteiger partial charge >= 0.3 is 0 Å². The lowest BCUT2D eigenvalue weighted by molar-refractivity contribution is 0.596. The van der Waals surface area contributed by atoms with Crippen LogP contribution in [0.5, 0.6) is 0 Å². The van der Waals surface area contributed by atoms with Crippen LogP contribution in [0.15, 0.2) is 33.3 Å². The number of halogens is 3. The zero-order valence-corrected chi connectivity index (χ0v) is 12.9. The lowest BCUT2D eigenvalue weighted by atomic mass is 10.0. The maximum atomic E-state index is 13.2. The Morgan fingerprint density at radius 3 is 2.72 bits per heavy atom. The number of nitrogens with zero attached hydrogens (tertiary/aromatic N) is 2. The molecule has 1 unspecified atom stereocenters. The Kier molecular flexibility index (Phi) is 4.19. The molecule has 0 bridgehead atoms. The lowest BCUT2D eigenvalue weighted by Gasteiger charge is -2.15. The van der Waals surface area contributed by atoms with Gasteiger partial charge in [0.05, 0.1) is 26.9 Å². The molecule has 1 aromatic heterocycles. The third kappa shape index (κ3) is 2.50. The fourth-order valence-corrected chi connectivity index (χ4v) is 2.74. The zero-order valence-electron chi connectivity index (χ0n) is 9.70. The summed E-state index contributed by atoms with van der Waals surface area (Å²) < 4.78 is 16.3. The number of aromatic nitrogens is 2. The average molecular weight is 377 g/mol. The fraction of sp³-hybridized carbons (Fsp3) is 0.250. The molecule has 3 nitrogen and oxygen atoms in total. The largest absolute Gasteiger partial charge is 0.319 e. The quantitative estimate of drug-likeness (QED) is 0.889. The Hall–Kier alpha value is -0.720. The summed E-state index contributed by atoms with van der Waals surface area (Å²) in [4.78, 5) is 0. The van der Waals surface area contributed by atoms with Gasteiger partial charge in [-0.1, -0.05) is 6.07 Å². The monoisotopic (exact) mass is 375 g/mol. The van der Waals surface area contributed by atoms with Crippen LogP contribution in [0.1, 0.15) is 24.2 Å². The van der Waals surface area contributed by atoms with E-state index in [0.717, 1.165) is 22.3 Å². The molecular weight excluding hydrogens is 365 g/mol. The molecule has 1 atom stereocenters. The Bertz CT molecular complexity index is 568. The van der Waals surface area contributed by atoms with Crippen molar-refractivity contribution >= 4 is 31.9 Å². The second-order valence-corrected chi connectivity index (χ2v) is 5.55.